The molecule has 0 amide bonds. The molecule has 1 aliphatic heterocycles. The molecule has 0 unspecified atom stereocenters. The normalized spacial score (nSPS) is 14.7. The van der Waals surface area contributed by atoms with E-state index in [1.807, 2.05) is 31.2 Å². The van der Waals surface area contributed by atoms with Crippen LogP contribution in [-0.2, 0) is 6.54 Å². The van der Waals surface area contributed by atoms with Crippen LogP contribution in [0.5, 0.6) is 5.75 Å². The van der Waals surface area contributed by atoms with Crippen LogP contribution in [0, 0.1) is 5.82 Å². The van der Waals surface area contributed by atoms with Gasteiger partial charge in [-0.25, -0.2) is 9.38 Å². The molecule has 1 aliphatic rings. The highest BCUT2D eigenvalue weighted by Gasteiger charge is 2.21. The van der Waals surface area contributed by atoms with Gasteiger partial charge in [-0.2, -0.15) is 0 Å². The lowest BCUT2D eigenvalue weighted by molar-refractivity contribution is 0.369. The second-order valence-corrected chi connectivity index (χ2v) is 6.22. The predicted molar refractivity (Wildman–Crippen MR) is 119 cm³/mol. The lowest BCUT2D eigenvalue weighted by atomic mass is 10.2. The number of halogens is 2. The van der Waals surface area contributed by atoms with Crippen molar-refractivity contribution < 1.29 is 9.50 Å². The summed E-state index contributed by atoms with van der Waals surface area (Å²) in [6, 6.07) is 14.1. The number of hydrogen-bond acceptors (Lipinski definition) is 3. The summed E-state index contributed by atoms with van der Waals surface area (Å²) in [6.07, 6.45) is 0. The van der Waals surface area contributed by atoms with Gasteiger partial charge in [-0.3, -0.25) is 0 Å². The summed E-state index contributed by atoms with van der Waals surface area (Å²) in [5.74, 6) is 0.880. The van der Waals surface area contributed by atoms with Crippen molar-refractivity contribution in [2.24, 2.45) is 4.99 Å². The molecule has 5 nitrogen and oxygen atoms in total. The molecule has 0 aromatic heterocycles. The van der Waals surface area contributed by atoms with Gasteiger partial charge in [0.15, 0.2) is 5.96 Å². The fraction of sp³-hybridized carbons (Fsp3) is 0.350. The first-order valence-electron chi connectivity index (χ1n) is 8.98. The van der Waals surface area contributed by atoms with Gasteiger partial charge in [-0.05, 0) is 25.1 Å². The maximum atomic E-state index is 13.8. The van der Waals surface area contributed by atoms with Gasteiger partial charge in [0.1, 0.15) is 11.6 Å². The van der Waals surface area contributed by atoms with E-state index in [0.717, 1.165) is 44.4 Å². The number of aromatic hydroxyl groups is 1. The summed E-state index contributed by atoms with van der Waals surface area (Å²) in [7, 11) is 0. The molecule has 0 aliphatic carbocycles. The maximum absolute atomic E-state index is 13.8. The van der Waals surface area contributed by atoms with Crippen molar-refractivity contribution >= 4 is 35.6 Å². The van der Waals surface area contributed by atoms with Crippen LogP contribution in [0.1, 0.15) is 12.5 Å². The van der Waals surface area contributed by atoms with Crippen molar-refractivity contribution in [1.82, 2.24) is 10.2 Å². The zero-order valence-corrected chi connectivity index (χ0v) is 17.8. The van der Waals surface area contributed by atoms with Crippen LogP contribution < -0.4 is 10.2 Å². The molecule has 1 heterocycles. The first-order valence-corrected chi connectivity index (χ1v) is 8.98. The van der Waals surface area contributed by atoms with Gasteiger partial charge >= 0.3 is 0 Å². The number of anilines is 1. The fourth-order valence-electron chi connectivity index (χ4n) is 3.10. The lowest BCUT2D eigenvalue weighted by Gasteiger charge is -2.37. The third-order valence-electron chi connectivity index (χ3n) is 4.49. The summed E-state index contributed by atoms with van der Waals surface area (Å²) in [4.78, 5) is 8.96. The number of aliphatic imine (C=N–C) groups is 1. The van der Waals surface area contributed by atoms with Gasteiger partial charge in [0.05, 0.1) is 12.2 Å². The Bertz CT molecular complexity index is 763. The monoisotopic (exact) mass is 484 g/mol. The van der Waals surface area contributed by atoms with Crippen LogP contribution in [-0.4, -0.2) is 48.7 Å². The van der Waals surface area contributed by atoms with Gasteiger partial charge in [0.25, 0.3) is 0 Å². The second kappa shape index (κ2) is 10.3. The molecule has 0 atom stereocenters. The number of guanidine groups is 1. The number of piperazine rings is 1. The zero-order valence-electron chi connectivity index (χ0n) is 15.4. The number of nitrogens with one attached hydrogen (secondary N) is 1. The van der Waals surface area contributed by atoms with E-state index >= 15 is 0 Å². The van der Waals surface area contributed by atoms with E-state index in [0.29, 0.717) is 17.9 Å². The van der Waals surface area contributed by atoms with Crippen LogP contribution in [0.4, 0.5) is 10.1 Å². The smallest absolute Gasteiger partial charge is 0.194 e. The van der Waals surface area contributed by atoms with Crippen molar-refractivity contribution in [2.75, 3.05) is 37.6 Å². The van der Waals surface area contributed by atoms with Crippen LogP contribution in [0.2, 0.25) is 0 Å². The molecule has 0 spiro atoms. The number of benzene rings is 2. The van der Waals surface area contributed by atoms with E-state index in [1.54, 1.807) is 18.2 Å². The van der Waals surface area contributed by atoms with Gasteiger partial charge < -0.3 is 20.2 Å². The van der Waals surface area contributed by atoms with Gasteiger partial charge in [0.2, 0.25) is 0 Å². The Kier molecular flexibility index (Phi) is 8.15. The summed E-state index contributed by atoms with van der Waals surface area (Å²) in [6.45, 7) is 6.26. The van der Waals surface area contributed by atoms with Crippen molar-refractivity contribution in [1.29, 1.82) is 0 Å². The number of phenols is 1. The molecular weight excluding hydrogens is 458 g/mol. The van der Waals surface area contributed by atoms with Crippen molar-refractivity contribution in [2.45, 2.75) is 13.5 Å². The molecular formula is C20H26FIN4O. The highest BCUT2D eigenvalue weighted by atomic mass is 127. The topological polar surface area (TPSA) is 51.1 Å². The minimum Gasteiger partial charge on any atom is -0.506 e. The first kappa shape index (κ1) is 21.3. The fourth-order valence-corrected chi connectivity index (χ4v) is 3.10. The molecule has 1 saturated heterocycles. The summed E-state index contributed by atoms with van der Waals surface area (Å²) < 4.78 is 13.8. The molecule has 0 saturated carbocycles. The number of hydrogen-bond donors (Lipinski definition) is 2. The minimum atomic E-state index is -0.225. The summed E-state index contributed by atoms with van der Waals surface area (Å²) >= 11 is 0. The van der Waals surface area contributed by atoms with E-state index < -0.39 is 0 Å². The molecule has 2 N–H and O–H groups in total. The molecule has 2 aromatic carbocycles. The number of para-hydroxylation sites is 2. The largest absolute Gasteiger partial charge is 0.506 e. The lowest BCUT2D eigenvalue weighted by Crippen LogP contribution is -2.52. The van der Waals surface area contributed by atoms with E-state index in [9.17, 15) is 9.50 Å². The average molecular weight is 484 g/mol. The first-order chi connectivity index (χ1) is 12.7. The Morgan fingerprint density at radius 1 is 1.07 bits per heavy atom. The van der Waals surface area contributed by atoms with Crippen molar-refractivity contribution in [3.05, 3.63) is 59.9 Å². The van der Waals surface area contributed by atoms with Crippen molar-refractivity contribution in [3.8, 4) is 5.75 Å². The second-order valence-electron chi connectivity index (χ2n) is 6.22. The number of phenolic OH excluding ortho intramolecular Hbond substituents is 1. The Morgan fingerprint density at radius 3 is 2.41 bits per heavy atom. The van der Waals surface area contributed by atoms with Crippen LogP contribution in [0.3, 0.4) is 0 Å². The van der Waals surface area contributed by atoms with Crippen LogP contribution in [0.25, 0.3) is 0 Å². The highest BCUT2D eigenvalue weighted by Crippen LogP contribution is 2.27. The van der Waals surface area contributed by atoms with E-state index in [4.69, 9.17) is 0 Å². The minimum absolute atomic E-state index is 0. The Labute approximate surface area is 176 Å². The van der Waals surface area contributed by atoms with Gasteiger partial charge in [-0.1, -0.05) is 30.3 Å². The van der Waals surface area contributed by atoms with Gasteiger partial charge in [-0.15, -0.1) is 24.0 Å². The molecule has 0 bridgehead atoms. The quantitative estimate of drug-likeness (QED) is 0.397. The Morgan fingerprint density at radius 2 is 1.74 bits per heavy atom. The maximum Gasteiger partial charge on any atom is 0.194 e. The third kappa shape index (κ3) is 5.47. The van der Waals surface area contributed by atoms with Crippen molar-refractivity contribution in [3.63, 3.8) is 0 Å². The molecule has 27 heavy (non-hydrogen) atoms. The van der Waals surface area contributed by atoms with Crippen LogP contribution in [0.15, 0.2) is 53.5 Å². The van der Waals surface area contributed by atoms with Crippen LogP contribution >= 0.6 is 24.0 Å². The average Bonchev–Trinajstić information content (AvgIpc) is 2.67. The molecule has 7 heteroatoms. The molecule has 146 valence electrons. The molecule has 2 aromatic rings. The third-order valence-corrected chi connectivity index (χ3v) is 4.49. The SMILES string of the molecule is CCNC(=NCc1ccccc1F)N1CCN(c2ccccc2O)CC1.I. The Balaban J connectivity index is 0.00000261. The molecule has 0 radical (unpaired) electrons. The highest BCUT2D eigenvalue weighted by molar-refractivity contribution is 14.0. The van der Waals surface area contributed by atoms with E-state index in [1.165, 1.54) is 6.07 Å². The Hall–Kier alpha value is -2.03. The van der Waals surface area contributed by atoms with E-state index in [2.05, 4.69) is 20.1 Å². The van der Waals surface area contributed by atoms with Gasteiger partial charge in [0, 0.05) is 38.3 Å². The molecule has 1 fully saturated rings. The van der Waals surface area contributed by atoms with E-state index in [-0.39, 0.29) is 29.8 Å². The zero-order chi connectivity index (χ0) is 18.4. The number of nitrogens with zero attached hydrogens (tertiary/aromatic N) is 3. The predicted octanol–water partition coefficient (Wildman–Crippen LogP) is 3.44. The summed E-state index contributed by atoms with van der Waals surface area (Å²) in [5, 5.41) is 13.3. The number of rotatable bonds is 4. The standard InChI is InChI=1S/C20H25FN4O.HI/c1-2-22-20(23-15-16-7-3-4-8-17(16)21)25-13-11-24(12-14-25)18-9-5-6-10-19(18)26;/h3-10,26H,2,11-15H2,1H3,(H,22,23);1H. The molecule has 3 rings (SSSR count). The summed E-state index contributed by atoms with van der Waals surface area (Å²) in [5.41, 5.74) is 1.45.